The molecule has 34 heavy (non-hydrogen) atoms. The highest BCUT2D eigenvalue weighted by atomic mass is 16.5. The minimum Gasteiger partial charge on any atom is -0.497 e. The molecule has 1 N–H and O–H groups in total. The van der Waals surface area contributed by atoms with Gasteiger partial charge in [0.2, 0.25) is 0 Å². The van der Waals surface area contributed by atoms with Gasteiger partial charge in [-0.2, -0.15) is 0 Å². The number of carbonyl (C=O) groups excluding carboxylic acids is 2. The summed E-state index contributed by atoms with van der Waals surface area (Å²) in [4.78, 5) is 29.1. The molecule has 1 aromatic heterocycles. The summed E-state index contributed by atoms with van der Waals surface area (Å²) < 4.78 is 12.2. The third-order valence-electron chi connectivity index (χ3n) is 5.38. The largest absolute Gasteiger partial charge is 0.497 e. The van der Waals surface area contributed by atoms with E-state index in [4.69, 9.17) is 9.47 Å². The van der Waals surface area contributed by atoms with Gasteiger partial charge in [-0.15, -0.1) is 0 Å². The van der Waals surface area contributed by atoms with Crippen LogP contribution in [-0.4, -0.2) is 35.1 Å². The summed E-state index contributed by atoms with van der Waals surface area (Å²) in [6.45, 7) is -0.394. The summed E-state index contributed by atoms with van der Waals surface area (Å²) in [7, 11) is 3.49. The summed E-state index contributed by atoms with van der Waals surface area (Å²) in [5, 5.41) is 4.96. The Hall–Kier alpha value is -4.39. The number of carbonyl (C=O) groups is 2. The Bertz CT molecular complexity index is 1330. The molecule has 7 nitrogen and oxygen atoms in total. The SMILES string of the molecule is COc1ccc2cc(/C=C/C(=O)OCC(=O)NC(c3ccccc3)c3nccn3C)ccc2c1. The summed E-state index contributed by atoms with van der Waals surface area (Å²) in [6.07, 6.45) is 6.45. The predicted octanol–water partition coefficient (Wildman–Crippen LogP) is 4.04. The fourth-order valence-corrected chi connectivity index (χ4v) is 3.62. The Morgan fingerprint density at radius 2 is 1.82 bits per heavy atom. The molecule has 4 rings (SSSR count). The van der Waals surface area contributed by atoms with Gasteiger partial charge in [-0.3, -0.25) is 4.79 Å². The number of hydrogen-bond donors (Lipinski definition) is 1. The number of ether oxygens (including phenoxy) is 2. The van der Waals surface area contributed by atoms with Gasteiger partial charge in [0.25, 0.3) is 5.91 Å². The maximum Gasteiger partial charge on any atom is 0.331 e. The number of aromatic nitrogens is 2. The van der Waals surface area contributed by atoms with Gasteiger partial charge in [0.15, 0.2) is 6.61 Å². The second kappa shape index (κ2) is 10.5. The Morgan fingerprint density at radius 1 is 1.06 bits per heavy atom. The van der Waals surface area contributed by atoms with Crippen LogP contribution in [0, 0.1) is 0 Å². The van der Waals surface area contributed by atoms with Crippen LogP contribution in [0.2, 0.25) is 0 Å². The van der Waals surface area contributed by atoms with Gasteiger partial charge >= 0.3 is 5.97 Å². The molecule has 0 aliphatic carbocycles. The lowest BCUT2D eigenvalue weighted by atomic mass is 10.1. The quantitative estimate of drug-likeness (QED) is 0.320. The summed E-state index contributed by atoms with van der Waals surface area (Å²) in [6, 6.07) is 20.7. The van der Waals surface area contributed by atoms with Crippen molar-refractivity contribution in [1.82, 2.24) is 14.9 Å². The number of esters is 1. The van der Waals surface area contributed by atoms with Crippen molar-refractivity contribution in [3.05, 3.63) is 102 Å². The van der Waals surface area contributed by atoms with E-state index in [0.717, 1.165) is 27.6 Å². The van der Waals surface area contributed by atoms with E-state index in [1.54, 1.807) is 19.4 Å². The van der Waals surface area contributed by atoms with Crippen molar-refractivity contribution in [3.8, 4) is 5.75 Å². The molecule has 0 aliphatic heterocycles. The van der Waals surface area contributed by atoms with E-state index in [1.807, 2.05) is 84.5 Å². The molecule has 3 aromatic carbocycles. The lowest BCUT2D eigenvalue weighted by Crippen LogP contribution is -2.34. The average molecular weight is 456 g/mol. The number of aryl methyl sites for hydroxylation is 1. The molecule has 0 spiro atoms. The van der Waals surface area contributed by atoms with Crippen LogP contribution in [0.15, 0.2) is 85.2 Å². The molecule has 0 saturated carbocycles. The second-order valence-electron chi connectivity index (χ2n) is 7.72. The van der Waals surface area contributed by atoms with Crippen LogP contribution < -0.4 is 10.1 Å². The number of imidazole rings is 1. The van der Waals surface area contributed by atoms with E-state index >= 15 is 0 Å². The molecule has 4 aromatic rings. The van der Waals surface area contributed by atoms with E-state index in [0.29, 0.717) is 5.82 Å². The van der Waals surface area contributed by atoms with Gasteiger partial charge in [-0.1, -0.05) is 48.5 Å². The molecule has 7 heteroatoms. The number of methoxy groups -OCH3 is 1. The normalized spacial score (nSPS) is 11.9. The predicted molar refractivity (Wildman–Crippen MR) is 130 cm³/mol. The van der Waals surface area contributed by atoms with Gasteiger partial charge in [0, 0.05) is 25.5 Å². The fourth-order valence-electron chi connectivity index (χ4n) is 3.62. The number of amides is 1. The third-order valence-corrected chi connectivity index (χ3v) is 5.38. The van der Waals surface area contributed by atoms with Crippen molar-refractivity contribution >= 4 is 28.7 Å². The molecule has 0 radical (unpaired) electrons. The lowest BCUT2D eigenvalue weighted by Gasteiger charge is -2.19. The van der Waals surface area contributed by atoms with Gasteiger partial charge in [-0.05, 0) is 46.2 Å². The minimum atomic E-state index is -0.599. The lowest BCUT2D eigenvalue weighted by molar-refractivity contribution is -0.143. The van der Waals surface area contributed by atoms with Crippen LogP contribution in [0.4, 0.5) is 0 Å². The van der Waals surface area contributed by atoms with Crippen molar-refractivity contribution in [3.63, 3.8) is 0 Å². The number of rotatable bonds is 8. The first-order valence-electron chi connectivity index (χ1n) is 10.8. The van der Waals surface area contributed by atoms with Crippen LogP contribution in [0.1, 0.15) is 23.0 Å². The van der Waals surface area contributed by atoms with Crippen molar-refractivity contribution < 1.29 is 19.1 Å². The van der Waals surface area contributed by atoms with E-state index in [1.165, 1.54) is 6.08 Å². The van der Waals surface area contributed by atoms with Gasteiger partial charge in [0.1, 0.15) is 17.6 Å². The number of hydrogen-bond acceptors (Lipinski definition) is 5. The highest BCUT2D eigenvalue weighted by Gasteiger charge is 2.21. The van der Waals surface area contributed by atoms with Crippen molar-refractivity contribution in [1.29, 1.82) is 0 Å². The number of benzene rings is 3. The number of nitrogens with zero attached hydrogens (tertiary/aromatic N) is 2. The summed E-state index contributed by atoms with van der Waals surface area (Å²) >= 11 is 0. The van der Waals surface area contributed by atoms with Crippen molar-refractivity contribution in [2.45, 2.75) is 6.04 Å². The van der Waals surface area contributed by atoms with Crippen LogP contribution >= 0.6 is 0 Å². The Kier molecular flexibility index (Phi) is 7.03. The number of nitrogens with one attached hydrogen (secondary N) is 1. The summed E-state index contributed by atoms with van der Waals surface area (Å²) in [5.74, 6) is 0.450. The number of fused-ring (bicyclic) bond motifs is 1. The third kappa shape index (κ3) is 5.50. The van der Waals surface area contributed by atoms with Gasteiger partial charge in [0.05, 0.1) is 7.11 Å². The molecule has 1 amide bonds. The molecular formula is C27H25N3O4. The van der Waals surface area contributed by atoms with Crippen LogP contribution in [0.3, 0.4) is 0 Å². The van der Waals surface area contributed by atoms with Crippen LogP contribution in [0.5, 0.6) is 5.75 Å². The molecule has 0 fully saturated rings. The molecular weight excluding hydrogens is 430 g/mol. The van der Waals surface area contributed by atoms with Crippen molar-refractivity contribution in [2.24, 2.45) is 7.05 Å². The van der Waals surface area contributed by atoms with Crippen LogP contribution in [-0.2, 0) is 21.4 Å². The maximum atomic E-state index is 12.6. The van der Waals surface area contributed by atoms with Gasteiger partial charge < -0.3 is 19.4 Å². The first-order chi connectivity index (χ1) is 16.5. The summed E-state index contributed by atoms with van der Waals surface area (Å²) in [5.41, 5.74) is 1.73. The fraction of sp³-hybridized carbons (Fsp3) is 0.148. The molecule has 1 atom stereocenters. The van der Waals surface area contributed by atoms with E-state index < -0.39 is 24.5 Å². The topological polar surface area (TPSA) is 82.4 Å². The highest BCUT2D eigenvalue weighted by molar-refractivity contribution is 5.91. The first-order valence-corrected chi connectivity index (χ1v) is 10.8. The standard InChI is InChI=1S/C27H25N3O4/c1-30-15-14-28-27(30)26(20-6-4-3-5-7-20)29-24(31)18-34-25(32)13-9-19-8-10-22-17-23(33-2)12-11-21(22)16-19/h3-17,26H,18H2,1-2H3,(H,29,31)/b13-9+. The minimum absolute atomic E-state index is 0.394. The molecule has 0 saturated heterocycles. The van der Waals surface area contributed by atoms with Gasteiger partial charge in [-0.25, -0.2) is 9.78 Å². The molecule has 0 bridgehead atoms. The Labute approximate surface area is 197 Å². The zero-order chi connectivity index (χ0) is 23.9. The van der Waals surface area contributed by atoms with E-state index in [-0.39, 0.29) is 0 Å². The van der Waals surface area contributed by atoms with E-state index in [2.05, 4.69) is 10.3 Å². The zero-order valence-electron chi connectivity index (χ0n) is 19.0. The smallest absolute Gasteiger partial charge is 0.331 e. The first kappa shape index (κ1) is 22.8. The van der Waals surface area contributed by atoms with Crippen molar-refractivity contribution in [2.75, 3.05) is 13.7 Å². The molecule has 1 heterocycles. The maximum absolute atomic E-state index is 12.6. The molecule has 172 valence electrons. The Balaban J connectivity index is 1.36. The Morgan fingerprint density at radius 3 is 2.56 bits per heavy atom. The van der Waals surface area contributed by atoms with Crippen LogP contribution in [0.25, 0.3) is 16.8 Å². The van der Waals surface area contributed by atoms with E-state index in [9.17, 15) is 9.59 Å². The zero-order valence-corrected chi connectivity index (χ0v) is 19.0. The molecule has 0 aliphatic rings. The highest BCUT2D eigenvalue weighted by Crippen LogP contribution is 2.22. The second-order valence-corrected chi connectivity index (χ2v) is 7.72. The molecule has 1 unspecified atom stereocenters. The monoisotopic (exact) mass is 455 g/mol. The average Bonchev–Trinajstić information content (AvgIpc) is 3.30.